The Morgan fingerprint density at radius 3 is 2.42 bits per heavy atom. The summed E-state index contributed by atoms with van der Waals surface area (Å²) in [5.74, 6) is -1.33. The van der Waals surface area contributed by atoms with Gasteiger partial charge in [0.1, 0.15) is 5.82 Å². The predicted octanol–water partition coefficient (Wildman–Crippen LogP) is 4.12. The van der Waals surface area contributed by atoms with Gasteiger partial charge in [0, 0.05) is 18.2 Å². The minimum atomic E-state index is -1.15. The van der Waals surface area contributed by atoms with Crippen molar-refractivity contribution >= 4 is 5.69 Å². The maximum absolute atomic E-state index is 13.6. The lowest BCUT2D eigenvalue weighted by Crippen LogP contribution is -2.29. The van der Waals surface area contributed by atoms with Crippen LogP contribution < -0.4 is 5.32 Å². The van der Waals surface area contributed by atoms with Crippen LogP contribution in [0.3, 0.4) is 0 Å². The topological polar surface area (TPSA) is 12.0 Å². The summed E-state index contributed by atoms with van der Waals surface area (Å²) in [6, 6.07) is 1.52. The molecule has 1 fully saturated rings. The lowest BCUT2D eigenvalue weighted by molar-refractivity contribution is 0.398. The maximum Gasteiger partial charge on any atom is 0.161 e. The van der Waals surface area contributed by atoms with Crippen LogP contribution in [0.4, 0.5) is 18.9 Å². The van der Waals surface area contributed by atoms with E-state index in [0.717, 1.165) is 18.9 Å². The standard InChI is InChI=1S/C15H16F3N/c1-8(11-5-9-2-3-10(11)4-9)19-15-7-13(17)12(16)6-14(15)18/h2-3,6-11,19H,4-5H2,1H3. The molecule has 0 heterocycles. The zero-order chi connectivity index (χ0) is 13.6. The molecule has 2 aliphatic rings. The number of rotatable bonds is 3. The summed E-state index contributed by atoms with van der Waals surface area (Å²) in [4.78, 5) is 0. The van der Waals surface area contributed by atoms with E-state index in [0.29, 0.717) is 23.8 Å². The van der Waals surface area contributed by atoms with Crippen molar-refractivity contribution in [2.24, 2.45) is 17.8 Å². The van der Waals surface area contributed by atoms with E-state index in [1.807, 2.05) is 6.92 Å². The molecule has 1 nitrogen and oxygen atoms in total. The molecule has 102 valence electrons. The molecule has 1 aromatic rings. The molecule has 3 rings (SSSR count). The fraction of sp³-hybridized carbons (Fsp3) is 0.467. The number of fused-ring (bicyclic) bond motifs is 2. The molecule has 0 radical (unpaired) electrons. The first kappa shape index (κ1) is 12.6. The van der Waals surface area contributed by atoms with E-state index in [1.54, 1.807) is 0 Å². The van der Waals surface area contributed by atoms with Gasteiger partial charge in [0.25, 0.3) is 0 Å². The van der Waals surface area contributed by atoms with Crippen LogP contribution in [0, 0.1) is 35.2 Å². The van der Waals surface area contributed by atoms with Crippen molar-refractivity contribution < 1.29 is 13.2 Å². The number of nitrogens with one attached hydrogen (secondary N) is 1. The highest BCUT2D eigenvalue weighted by atomic mass is 19.2. The Labute approximate surface area is 110 Å². The Morgan fingerprint density at radius 1 is 1.05 bits per heavy atom. The van der Waals surface area contributed by atoms with Gasteiger partial charge in [-0.05, 0) is 37.5 Å². The highest BCUT2D eigenvalue weighted by Gasteiger charge is 2.38. The molecule has 0 spiro atoms. The fourth-order valence-corrected chi connectivity index (χ4v) is 3.38. The fourth-order valence-electron chi connectivity index (χ4n) is 3.38. The molecule has 2 bridgehead atoms. The lowest BCUT2D eigenvalue weighted by Gasteiger charge is -2.27. The quantitative estimate of drug-likeness (QED) is 0.641. The molecule has 1 saturated carbocycles. The Kier molecular flexibility index (Phi) is 3.03. The van der Waals surface area contributed by atoms with Crippen molar-refractivity contribution in [1.29, 1.82) is 0 Å². The smallest absolute Gasteiger partial charge is 0.161 e. The monoisotopic (exact) mass is 267 g/mol. The molecule has 1 N–H and O–H groups in total. The van der Waals surface area contributed by atoms with Gasteiger partial charge in [-0.1, -0.05) is 12.2 Å². The SMILES string of the molecule is CC(Nc1cc(F)c(F)cc1F)C1CC2C=CC1C2. The Balaban J connectivity index is 1.75. The number of hydrogen-bond acceptors (Lipinski definition) is 1. The first-order valence-corrected chi connectivity index (χ1v) is 6.64. The molecule has 0 saturated heterocycles. The summed E-state index contributed by atoms with van der Waals surface area (Å²) >= 11 is 0. The van der Waals surface area contributed by atoms with E-state index in [9.17, 15) is 13.2 Å². The normalized spacial score (nSPS) is 29.8. The summed E-state index contributed by atoms with van der Waals surface area (Å²) in [5, 5.41) is 2.99. The zero-order valence-corrected chi connectivity index (χ0v) is 10.7. The predicted molar refractivity (Wildman–Crippen MR) is 68.2 cm³/mol. The second-order valence-corrected chi connectivity index (χ2v) is 5.62. The van der Waals surface area contributed by atoms with Gasteiger partial charge in [-0.2, -0.15) is 0 Å². The molecule has 19 heavy (non-hydrogen) atoms. The number of halogens is 3. The third-order valence-electron chi connectivity index (χ3n) is 4.37. The highest BCUT2D eigenvalue weighted by molar-refractivity contribution is 5.46. The average molecular weight is 267 g/mol. The van der Waals surface area contributed by atoms with Crippen LogP contribution in [0.2, 0.25) is 0 Å². The van der Waals surface area contributed by atoms with Gasteiger partial charge < -0.3 is 5.32 Å². The van der Waals surface area contributed by atoms with Crippen molar-refractivity contribution in [2.45, 2.75) is 25.8 Å². The van der Waals surface area contributed by atoms with Crippen LogP contribution in [0.15, 0.2) is 24.3 Å². The van der Waals surface area contributed by atoms with E-state index in [2.05, 4.69) is 17.5 Å². The van der Waals surface area contributed by atoms with E-state index >= 15 is 0 Å². The number of benzene rings is 1. The molecule has 4 unspecified atom stereocenters. The van der Waals surface area contributed by atoms with E-state index in [4.69, 9.17) is 0 Å². The van der Waals surface area contributed by atoms with Crippen molar-refractivity contribution in [1.82, 2.24) is 0 Å². The molecular weight excluding hydrogens is 251 g/mol. The Morgan fingerprint density at radius 2 is 1.79 bits per heavy atom. The second kappa shape index (κ2) is 4.58. The molecule has 1 aromatic carbocycles. The summed E-state index contributed by atoms with van der Waals surface area (Å²) < 4.78 is 39.6. The summed E-state index contributed by atoms with van der Waals surface area (Å²) in [5.41, 5.74) is 0.0400. The zero-order valence-electron chi connectivity index (χ0n) is 10.7. The largest absolute Gasteiger partial charge is 0.380 e. The number of anilines is 1. The highest BCUT2D eigenvalue weighted by Crippen LogP contribution is 2.45. The second-order valence-electron chi connectivity index (χ2n) is 5.62. The minimum absolute atomic E-state index is 0.0400. The molecular formula is C15H16F3N. The molecule has 0 aromatic heterocycles. The molecule has 0 amide bonds. The van der Waals surface area contributed by atoms with Gasteiger partial charge in [-0.3, -0.25) is 0 Å². The van der Waals surface area contributed by atoms with Crippen LogP contribution in [0.25, 0.3) is 0 Å². The molecule has 4 atom stereocenters. The third-order valence-corrected chi connectivity index (χ3v) is 4.37. The van der Waals surface area contributed by atoms with Gasteiger partial charge in [0.2, 0.25) is 0 Å². The summed E-state index contributed by atoms with van der Waals surface area (Å²) in [6.07, 6.45) is 6.71. The Hall–Kier alpha value is -1.45. The summed E-state index contributed by atoms with van der Waals surface area (Å²) in [6.45, 7) is 1.97. The van der Waals surface area contributed by atoms with Crippen LogP contribution in [0.5, 0.6) is 0 Å². The van der Waals surface area contributed by atoms with Gasteiger partial charge in [0.05, 0.1) is 5.69 Å². The van der Waals surface area contributed by atoms with Crippen molar-refractivity contribution in [2.75, 3.05) is 5.32 Å². The third kappa shape index (κ3) is 2.24. The van der Waals surface area contributed by atoms with E-state index < -0.39 is 17.5 Å². The van der Waals surface area contributed by atoms with Gasteiger partial charge in [0.15, 0.2) is 11.6 Å². The van der Waals surface area contributed by atoms with Gasteiger partial charge >= 0.3 is 0 Å². The lowest BCUT2D eigenvalue weighted by atomic mass is 9.87. The van der Waals surface area contributed by atoms with E-state index in [1.165, 1.54) is 0 Å². The van der Waals surface area contributed by atoms with Crippen molar-refractivity contribution in [3.63, 3.8) is 0 Å². The summed E-state index contributed by atoms with van der Waals surface area (Å²) in [7, 11) is 0. The first-order valence-electron chi connectivity index (χ1n) is 6.64. The van der Waals surface area contributed by atoms with E-state index in [-0.39, 0.29) is 11.7 Å². The number of hydrogen-bond donors (Lipinski definition) is 1. The van der Waals surface area contributed by atoms with Crippen LogP contribution in [-0.2, 0) is 0 Å². The van der Waals surface area contributed by atoms with Crippen LogP contribution in [0.1, 0.15) is 19.8 Å². The van der Waals surface area contributed by atoms with Crippen LogP contribution in [-0.4, -0.2) is 6.04 Å². The number of allylic oxidation sites excluding steroid dienone is 2. The molecule has 4 heteroatoms. The van der Waals surface area contributed by atoms with Crippen LogP contribution >= 0.6 is 0 Å². The molecule has 0 aliphatic heterocycles. The maximum atomic E-state index is 13.6. The molecule has 2 aliphatic carbocycles. The van der Waals surface area contributed by atoms with Crippen molar-refractivity contribution in [3.8, 4) is 0 Å². The average Bonchev–Trinajstić information content (AvgIpc) is 2.98. The van der Waals surface area contributed by atoms with Gasteiger partial charge in [-0.15, -0.1) is 0 Å². The Bertz CT molecular complexity index is 526. The minimum Gasteiger partial charge on any atom is -0.380 e. The van der Waals surface area contributed by atoms with Gasteiger partial charge in [-0.25, -0.2) is 13.2 Å². The van der Waals surface area contributed by atoms with Crippen molar-refractivity contribution in [3.05, 3.63) is 41.7 Å². The first-order chi connectivity index (χ1) is 9.04.